The first-order chi connectivity index (χ1) is 12.7. The highest BCUT2D eigenvalue weighted by Crippen LogP contribution is 2.24. The summed E-state index contributed by atoms with van der Waals surface area (Å²) >= 11 is 5.37. The van der Waals surface area contributed by atoms with Gasteiger partial charge in [0, 0.05) is 43.0 Å². The molecule has 1 fully saturated rings. The second kappa shape index (κ2) is 11.2. The quantitative estimate of drug-likeness (QED) is 0.306. The number of hydrogen-bond donors (Lipinski definition) is 2. The summed E-state index contributed by atoms with van der Waals surface area (Å²) in [5.41, 5.74) is 2.36. The third kappa shape index (κ3) is 6.32. The van der Waals surface area contributed by atoms with Crippen LogP contribution in [0.25, 0.3) is 0 Å². The second-order valence-electron chi connectivity index (χ2n) is 6.45. The molecule has 8 heteroatoms. The Bertz CT molecular complexity index is 745. The summed E-state index contributed by atoms with van der Waals surface area (Å²) in [6.07, 6.45) is 3.47. The number of hydrogen-bond acceptors (Lipinski definition) is 4. The van der Waals surface area contributed by atoms with Gasteiger partial charge in [-0.15, -0.1) is 35.3 Å². The molecule has 1 unspecified atom stereocenters. The van der Waals surface area contributed by atoms with Crippen LogP contribution in [0.3, 0.4) is 0 Å². The number of rotatable bonds is 6. The number of nitrogens with zero attached hydrogens (tertiary/aromatic N) is 3. The Morgan fingerprint density at radius 2 is 2.07 bits per heavy atom. The van der Waals surface area contributed by atoms with Crippen molar-refractivity contribution in [3.8, 4) is 0 Å². The molecular weight excluding hydrogens is 537 g/mol. The van der Waals surface area contributed by atoms with Crippen LogP contribution >= 0.6 is 51.2 Å². The number of benzene rings is 1. The van der Waals surface area contributed by atoms with Crippen molar-refractivity contribution in [2.45, 2.75) is 32.2 Å². The van der Waals surface area contributed by atoms with Gasteiger partial charge in [-0.3, -0.25) is 4.99 Å². The number of guanidine groups is 1. The van der Waals surface area contributed by atoms with Gasteiger partial charge in [-0.25, -0.2) is 4.98 Å². The molecule has 148 valence electrons. The summed E-state index contributed by atoms with van der Waals surface area (Å²) in [7, 11) is 1.80. The summed E-state index contributed by atoms with van der Waals surface area (Å²) in [5, 5.41) is 10.2. The third-order valence-electron chi connectivity index (χ3n) is 4.54. The van der Waals surface area contributed by atoms with E-state index >= 15 is 0 Å². The van der Waals surface area contributed by atoms with Crippen molar-refractivity contribution in [3.05, 3.63) is 45.4 Å². The maximum atomic E-state index is 4.77. The molecule has 3 rings (SSSR count). The molecule has 0 bridgehead atoms. The molecule has 5 nitrogen and oxygen atoms in total. The predicted molar refractivity (Wildman–Crippen MR) is 130 cm³/mol. The van der Waals surface area contributed by atoms with Gasteiger partial charge in [0.2, 0.25) is 0 Å². The summed E-state index contributed by atoms with van der Waals surface area (Å²) in [4.78, 5) is 11.5. The number of nitrogens with one attached hydrogen (secondary N) is 2. The van der Waals surface area contributed by atoms with Crippen LogP contribution in [-0.4, -0.2) is 37.6 Å². The summed E-state index contributed by atoms with van der Waals surface area (Å²) in [6.45, 7) is 5.24. The minimum absolute atomic E-state index is 0. The number of aliphatic imine (C=N–C) groups is 1. The molecule has 1 saturated heterocycles. The van der Waals surface area contributed by atoms with Crippen molar-refractivity contribution in [2.24, 2.45) is 4.99 Å². The van der Waals surface area contributed by atoms with Gasteiger partial charge < -0.3 is 15.5 Å². The zero-order valence-electron chi connectivity index (χ0n) is 15.7. The van der Waals surface area contributed by atoms with Crippen molar-refractivity contribution in [3.63, 3.8) is 0 Å². The Kier molecular flexibility index (Phi) is 9.31. The van der Waals surface area contributed by atoms with Crippen LogP contribution in [-0.2, 0) is 6.42 Å². The van der Waals surface area contributed by atoms with Gasteiger partial charge in [-0.1, -0.05) is 34.1 Å². The van der Waals surface area contributed by atoms with Crippen molar-refractivity contribution < 1.29 is 0 Å². The van der Waals surface area contributed by atoms with Gasteiger partial charge in [-0.05, 0) is 31.4 Å². The smallest absolute Gasteiger partial charge is 0.191 e. The van der Waals surface area contributed by atoms with E-state index in [-0.39, 0.29) is 30.0 Å². The predicted octanol–water partition coefficient (Wildman–Crippen LogP) is 4.59. The first-order valence-corrected chi connectivity index (χ1v) is 10.8. The van der Waals surface area contributed by atoms with Gasteiger partial charge >= 0.3 is 0 Å². The summed E-state index contributed by atoms with van der Waals surface area (Å²) < 4.78 is 1.10. The van der Waals surface area contributed by atoms with Gasteiger partial charge in [0.15, 0.2) is 11.1 Å². The highest BCUT2D eigenvalue weighted by Gasteiger charge is 2.15. The van der Waals surface area contributed by atoms with E-state index in [4.69, 9.17) is 4.98 Å². The average molecular weight is 564 g/mol. The maximum absolute atomic E-state index is 4.77. The second-order valence-corrected chi connectivity index (χ2v) is 8.14. The van der Waals surface area contributed by atoms with E-state index in [0.717, 1.165) is 42.2 Å². The van der Waals surface area contributed by atoms with Crippen LogP contribution in [0.4, 0.5) is 5.13 Å². The minimum Gasteiger partial charge on any atom is -0.356 e. The lowest BCUT2D eigenvalue weighted by Crippen LogP contribution is -2.39. The minimum atomic E-state index is 0. The van der Waals surface area contributed by atoms with E-state index in [9.17, 15) is 0 Å². The number of anilines is 1. The van der Waals surface area contributed by atoms with Crippen molar-refractivity contribution in [1.29, 1.82) is 0 Å². The molecule has 1 aromatic carbocycles. The zero-order chi connectivity index (χ0) is 18.4. The van der Waals surface area contributed by atoms with Gasteiger partial charge in [0.25, 0.3) is 0 Å². The summed E-state index contributed by atoms with van der Waals surface area (Å²) in [6, 6.07) is 8.42. The molecule has 0 radical (unpaired) electrons. The van der Waals surface area contributed by atoms with Crippen molar-refractivity contribution in [2.75, 3.05) is 31.6 Å². The molecule has 1 aliphatic heterocycles. The third-order valence-corrected chi connectivity index (χ3v) is 6.21. The lowest BCUT2D eigenvalue weighted by molar-refractivity contribution is 0.680. The molecule has 2 N–H and O–H groups in total. The standard InChI is InChI=1S/C19H26BrN5S.HI/c1-14(16-7-3-4-8-17(16)20)23-18(21-2)22-10-9-15-13-26-19(24-15)25-11-5-6-12-25;/h3-4,7-8,13-14H,5-6,9-12H2,1-2H3,(H2,21,22,23);1H. The number of aromatic nitrogens is 1. The molecule has 1 aliphatic rings. The SMILES string of the molecule is CN=C(NCCc1csc(N2CCCC2)n1)NC(C)c1ccccc1Br.I. The highest BCUT2D eigenvalue weighted by atomic mass is 127. The van der Waals surface area contributed by atoms with E-state index in [2.05, 4.69) is 67.0 Å². The molecule has 27 heavy (non-hydrogen) atoms. The van der Waals surface area contributed by atoms with Gasteiger partial charge in [0.1, 0.15) is 0 Å². The van der Waals surface area contributed by atoms with E-state index in [1.807, 2.05) is 6.07 Å². The van der Waals surface area contributed by atoms with E-state index in [1.165, 1.54) is 23.5 Å². The van der Waals surface area contributed by atoms with Crippen LogP contribution in [0.2, 0.25) is 0 Å². The fraction of sp³-hybridized carbons (Fsp3) is 0.474. The molecule has 1 atom stereocenters. The van der Waals surface area contributed by atoms with Crippen LogP contribution in [0.5, 0.6) is 0 Å². The molecule has 2 heterocycles. The Morgan fingerprint density at radius 1 is 1.33 bits per heavy atom. The van der Waals surface area contributed by atoms with Gasteiger partial charge in [0.05, 0.1) is 11.7 Å². The highest BCUT2D eigenvalue weighted by molar-refractivity contribution is 14.0. The van der Waals surface area contributed by atoms with Crippen molar-refractivity contribution >= 4 is 62.3 Å². The first-order valence-electron chi connectivity index (χ1n) is 9.08. The number of thiazole rings is 1. The Hall–Kier alpha value is -0.870. The largest absolute Gasteiger partial charge is 0.356 e. The topological polar surface area (TPSA) is 52.6 Å². The molecule has 2 aromatic rings. The van der Waals surface area contributed by atoms with Crippen LogP contribution in [0, 0.1) is 0 Å². The van der Waals surface area contributed by atoms with Crippen LogP contribution in [0.1, 0.15) is 37.1 Å². The Labute approximate surface area is 191 Å². The maximum Gasteiger partial charge on any atom is 0.191 e. The van der Waals surface area contributed by atoms with Crippen LogP contribution < -0.4 is 15.5 Å². The molecule has 1 aromatic heterocycles. The van der Waals surface area contributed by atoms with E-state index in [1.54, 1.807) is 18.4 Å². The number of halogens is 2. The monoisotopic (exact) mass is 563 g/mol. The van der Waals surface area contributed by atoms with Crippen LogP contribution in [0.15, 0.2) is 39.1 Å². The van der Waals surface area contributed by atoms with E-state index in [0.29, 0.717) is 0 Å². The molecule has 0 saturated carbocycles. The molecule has 0 amide bonds. The first kappa shape index (κ1) is 22.4. The molecule has 0 aliphatic carbocycles. The fourth-order valence-corrected chi connectivity index (χ4v) is 4.62. The Morgan fingerprint density at radius 3 is 2.78 bits per heavy atom. The zero-order valence-corrected chi connectivity index (χ0v) is 20.5. The lowest BCUT2D eigenvalue weighted by Gasteiger charge is -2.19. The fourth-order valence-electron chi connectivity index (χ4n) is 3.08. The van der Waals surface area contributed by atoms with Gasteiger partial charge in [-0.2, -0.15) is 0 Å². The normalized spacial score (nSPS) is 15.4. The lowest BCUT2D eigenvalue weighted by atomic mass is 10.1. The molecular formula is C19H27BrIN5S. The average Bonchev–Trinajstić information content (AvgIpc) is 3.32. The Balaban J connectivity index is 0.00000261. The van der Waals surface area contributed by atoms with E-state index < -0.39 is 0 Å². The molecule has 0 spiro atoms. The summed E-state index contributed by atoms with van der Waals surface area (Å²) in [5.74, 6) is 0.809. The van der Waals surface area contributed by atoms with Crippen molar-refractivity contribution in [1.82, 2.24) is 15.6 Å².